The van der Waals surface area contributed by atoms with Crippen LogP contribution in [0.5, 0.6) is 5.75 Å². The van der Waals surface area contributed by atoms with Crippen molar-refractivity contribution in [2.24, 2.45) is 0 Å². The molecule has 2 bridgehead atoms. The van der Waals surface area contributed by atoms with E-state index in [1.807, 2.05) is 6.92 Å². The second kappa shape index (κ2) is 6.46. The van der Waals surface area contributed by atoms with E-state index in [2.05, 4.69) is 20.1 Å². The largest absolute Gasteiger partial charge is 0.489 e. The van der Waals surface area contributed by atoms with Crippen molar-refractivity contribution >= 4 is 21.5 Å². The fourth-order valence-corrected chi connectivity index (χ4v) is 4.12. The van der Waals surface area contributed by atoms with Crippen molar-refractivity contribution in [3.05, 3.63) is 48.0 Å². The van der Waals surface area contributed by atoms with Crippen LogP contribution in [0, 0.1) is 5.82 Å². The van der Waals surface area contributed by atoms with Crippen LogP contribution in [-0.4, -0.2) is 35.7 Å². The van der Waals surface area contributed by atoms with E-state index < -0.39 is 16.1 Å². The number of hydrogen-bond acceptors (Lipinski definition) is 6. The van der Waals surface area contributed by atoms with Crippen LogP contribution < -0.4 is 14.8 Å². The quantitative estimate of drug-likeness (QED) is 0.609. The fraction of sp³-hybridized carbons (Fsp3) is 0.294. The molecule has 1 aliphatic heterocycles. The van der Waals surface area contributed by atoms with Crippen molar-refractivity contribution in [1.29, 1.82) is 0 Å². The van der Waals surface area contributed by atoms with E-state index in [1.54, 1.807) is 25.3 Å². The van der Waals surface area contributed by atoms with Gasteiger partial charge in [-0.25, -0.2) is 27.0 Å². The Bertz CT molecular complexity index is 1110. The first-order chi connectivity index (χ1) is 12.8. The van der Waals surface area contributed by atoms with Gasteiger partial charge in [0.05, 0.1) is 12.2 Å². The zero-order valence-corrected chi connectivity index (χ0v) is 15.5. The van der Waals surface area contributed by atoms with Gasteiger partial charge in [-0.05, 0) is 38.1 Å². The number of halogens is 1. The van der Waals surface area contributed by atoms with Crippen LogP contribution in [0.25, 0.3) is 5.65 Å². The Hall–Kier alpha value is -2.72. The molecule has 27 heavy (non-hydrogen) atoms. The predicted octanol–water partition coefficient (Wildman–Crippen LogP) is 2.10. The van der Waals surface area contributed by atoms with Crippen LogP contribution in [0.15, 0.2) is 41.6 Å². The number of sulfonamides is 1. The standard InChI is InChI=1S/C17H18FN5O3S/c1-10-8-20-27(24,25)15-9-19-23-6-5-16(22-17(15)23)21-11(2)13-7-12(18)3-4-14(13)26-10/h3-7,9-11,20H,8H2,1-2H3,(H,21,22)/t10-,11+/m0/s1. The molecular formula is C17H18FN5O3S. The predicted molar refractivity (Wildman–Crippen MR) is 96.7 cm³/mol. The zero-order valence-electron chi connectivity index (χ0n) is 14.7. The highest BCUT2D eigenvalue weighted by molar-refractivity contribution is 7.89. The maximum Gasteiger partial charge on any atom is 0.246 e. The first-order valence-corrected chi connectivity index (χ1v) is 9.88. The van der Waals surface area contributed by atoms with Gasteiger partial charge in [0.15, 0.2) is 5.65 Å². The highest BCUT2D eigenvalue weighted by Gasteiger charge is 2.24. The minimum absolute atomic E-state index is 0.0196. The highest BCUT2D eigenvalue weighted by Crippen LogP contribution is 2.30. The lowest BCUT2D eigenvalue weighted by Gasteiger charge is -2.21. The SMILES string of the molecule is C[C@H]1CNS(=O)(=O)c2cnn3ccc(nc23)N[C@H](C)c2cc(F)ccc2O1. The maximum atomic E-state index is 13.8. The number of benzene rings is 1. The Morgan fingerprint density at radius 2 is 2.11 bits per heavy atom. The zero-order chi connectivity index (χ0) is 19.2. The van der Waals surface area contributed by atoms with Crippen molar-refractivity contribution in [3.63, 3.8) is 0 Å². The molecule has 0 fully saturated rings. The van der Waals surface area contributed by atoms with Gasteiger partial charge in [-0.3, -0.25) is 0 Å². The molecule has 10 heteroatoms. The summed E-state index contributed by atoms with van der Waals surface area (Å²) in [5.41, 5.74) is 0.811. The van der Waals surface area contributed by atoms with Crippen LogP contribution in [-0.2, 0) is 10.0 Å². The number of ether oxygens (including phenoxy) is 1. The van der Waals surface area contributed by atoms with Gasteiger partial charge in [0.2, 0.25) is 10.0 Å². The Balaban J connectivity index is 1.86. The fourth-order valence-electron chi connectivity index (χ4n) is 2.95. The highest BCUT2D eigenvalue weighted by atomic mass is 32.2. The minimum Gasteiger partial charge on any atom is -0.489 e. The summed E-state index contributed by atoms with van der Waals surface area (Å²) in [5, 5.41) is 7.21. The van der Waals surface area contributed by atoms with Gasteiger partial charge >= 0.3 is 0 Å². The van der Waals surface area contributed by atoms with E-state index in [-0.39, 0.29) is 28.9 Å². The van der Waals surface area contributed by atoms with E-state index in [1.165, 1.54) is 22.8 Å². The van der Waals surface area contributed by atoms with Gasteiger partial charge in [0.1, 0.15) is 28.4 Å². The number of hydrogen-bond donors (Lipinski definition) is 2. The summed E-state index contributed by atoms with van der Waals surface area (Å²) < 4.78 is 48.9. The molecule has 0 aliphatic carbocycles. The summed E-state index contributed by atoms with van der Waals surface area (Å²) in [6, 6.07) is 5.59. The molecule has 1 aromatic carbocycles. The molecular weight excluding hydrogens is 373 g/mol. The average molecular weight is 391 g/mol. The Morgan fingerprint density at radius 1 is 1.30 bits per heavy atom. The lowest BCUT2D eigenvalue weighted by Crippen LogP contribution is -2.33. The third kappa shape index (κ3) is 3.33. The molecule has 3 aromatic rings. The summed E-state index contributed by atoms with van der Waals surface area (Å²) in [4.78, 5) is 4.36. The minimum atomic E-state index is -3.82. The molecule has 2 aromatic heterocycles. The molecule has 0 saturated heterocycles. The molecule has 4 rings (SSSR count). The van der Waals surface area contributed by atoms with E-state index in [0.29, 0.717) is 17.1 Å². The van der Waals surface area contributed by atoms with Gasteiger partial charge in [-0.15, -0.1) is 0 Å². The lowest BCUT2D eigenvalue weighted by atomic mass is 10.1. The van der Waals surface area contributed by atoms with Gasteiger partial charge in [-0.1, -0.05) is 0 Å². The number of fused-ring (bicyclic) bond motifs is 2. The molecule has 0 spiro atoms. The Labute approximate surface area is 155 Å². The number of anilines is 1. The van der Waals surface area contributed by atoms with Crippen molar-refractivity contribution in [2.45, 2.75) is 30.9 Å². The second-order valence-electron chi connectivity index (χ2n) is 6.42. The third-order valence-electron chi connectivity index (χ3n) is 4.32. The van der Waals surface area contributed by atoms with E-state index in [4.69, 9.17) is 4.74 Å². The summed E-state index contributed by atoms with van der Waals surface area (Å²) in [6.45, 7) is 3.63. The van der Waals surface area contributed by atoms with E-state index in [9.17, 15) is 12.8 Å². The summed E-state index contributed by atoms with van der Waals surface area (Å²) in [7, 11) is -3.82. The first kappa shape index (κ1) is 17.7. The summed E-state index contributed by atoms with van der Waals surface area (Å²) >= 11 is 0. The normalized spacial score (nSPS) is 22.0. The number of nitrogens with one attached hydrogen (secondary N) is 2. The maximum absolute atomic E-state index is 13.8. The van der Waals surface area contributed by atoms with Crippen LogP contribution >= 0.6 is 0 Å². The summed E-state index contributed by atoms with van der Waals surface area (Å²) in [6.07, 6.45) is 2.40. The van der Waals surface area contributed by atoms with E-state index in [0.717, 1.165) is 0 Å². The van der Waals surface area contributed by atoms with Crippen LogP contribution in [0.2, 0.25) is 0 Å². The van der Waals surface area contributed by atoms with Crippen molar-refractivity contribution < 1.29 is 17.5 Å². The average Bonchev–Trinajstić information content (AvgIpc) is 3.05. The second-order valence-corrected chi connectivity index (χ2v) is 8.15. The third-order valence-corrected chi connectivity index (χ3v) is 5.73. The lowest BCUT2D eigenvalue weighted by molar-refractivity contribution is 0.222. The van der Waals surface area contributed by atoms with Gasteiger partial charge in [0.25, 0.3) is 0 Å². The van der Waals surface area contributed by atoms with Crippen molar-refractivity contribution in [1.82, 2.24) is 19.3 Å². The first-order valence-electron chi connectivity index (χ1n) is 8.40. The molecule has 142 valence electrons. The molecule has 2 atom stereocenters. The van der Waals surface area contributed by atoms with Gasteiger partial charge in [0, 0.05) is 18.3 Å². The summed E-state index contributed by atoms with van der Waals surface area (Å²) in [5.74, 6) is 0.533. The smallest absolute Gasteiger partial charge is 0.246 e. The van der Waals surface area contributed by atoms with Crippen molar-refractivity contribution in [2.75, 3.05) is 11.9 Å². The topological polar surface area (TPSA) is 97.6 Å². The number of aromatic nitrogens is 3. The van der Waals surface area contributed by atoms with Crippen LogP contribution in [0.4, 0.5) is 10.2 Å². The molecule has 0 saturated carbocycles. The van der Waals surface area contributed by atoms with Crippen molar-refractivity contribution in [3.8, 4) is 5.75 Å². The van der Waals surface area contributed by atoms with Gasteiger partial charge < -0.3 is 10.1 Å². The van der Waals surface area contributed by atoms with Crippen LogP contribution in [0.3, 0.4) is 0 Å². The monoisotopic (exact) mass is 391 g/mol. The molecule has 0 unspecified atom stereocenters. The Kier molecular flexibility index (Phi) is 4.23. The molecule has 3 heterocycles. The molecule has 0 amide bonds. The number of nitrogens with zero attached hydrogens (tertiary/aromatic N) is 3. The molecule has 2 N–H and O–H groups in total. The van der Waals surface area contributed by atoms with Crippen LogP contribution in [0.1, 0.15) is 25.5 Å². The number of rotatable bonds is 0. The van der Waals surface area contributed by atoms with E-state index >= 15 is 0 Å². The molecule has 8 nitrogen and oxygen atoms in total. The molecule has 1 aliphatic rings. The molecule has 0 radical (unpaired) electrons. The van der Waals surface area contributed by atoms with Gasteiger partial charge in [-0.2, -0.15) is 5.10 Å². The Morgan fingerprint density at radius 3 is 2.93 bits per heavy atom.